The third kappa shape index (κ3) is 4.13. The first-order valence-corrected chi connectivity index (χ1v) is 6.44. The zero-order valence-electron chi connectivity index (χ0n) is 8.83. The van der Waals surface area contributed by atoms with Crippen molar-refractivity contribution in [1.82, 2.24) is 9.97 Å². The molecule has 0 aliphatic rings. The number of aromatic nitrogens is 2. The zero-order valence-corrected chi connectivity index (χ0v) is 10.4. The molecule has 0 aliphatic carbocycles. The van der Waals surface area contributed by atoms with Crippen molar-refractivity contribution in [2.75, 3.05) is 23.1 Å². The van der Waals surface area contributed by atoms with E-state index < -0.39 is 0 Å². The molecule has 0 saturated heterocycles. The van der Waals surface area contributed by atoms with E-state index in [2.05, 4.69) is 28.5 Å². The quantitative estimate of drug-likeness (QED) is 0.781. The fraction of sp³-hybridized carbons (Fsp3) is 0.556. The minimum atomic E-state index is 0.212. The van der Waals surface area contributed by atoms with Gasteiger partial charge in [-0.2, -0.15) is 16.7 Å². The van der Waals surface area contributed by atoms with Crippen LogP contribution in [-0.2, 0) is 0 Å². The zero-order chi connectivity index (χ0) is 11.3. The number of nitrogens with zero attached hydrogens (tertiary/aromatic N) is 2. The Morgan fingerprint density at radius 3 is 3.07 bits per heavy atom. The molecule has 15 heavy (non-hydrogen) atoms. The van der Waals surface area contributed by atoms with Crippen LogP contribution < -0.4 is 11.1 Å². The van der Waals surface area contributed by atoms with E-state index in [4.69, 9.17) is 17.3 Å². The van der Waals surface area contributed by atoms with Gasteiger partial charge in [0.1, 0.15) is 0 Å². The Morgan fingerprint density at radius 1 is 1.67 bits per heavy atom. The van der Waals surface area contributed by atoms with Crippen LogP contribution in [0.5, 0.6) is 0 Å². The second-order valence-corrected chi connectivity index (χ2v) is 4.59. The Hall–Kier alpha value is -0.680. The molecule has 0 amide bonds. The molecule has 0 aliphatic heterocycles. The summed E-state index contributed by atoms with van der Waals surface area (Å²) in [7, 11) is 0. The molecular weight excluding hydrogens is 232 g/mol. The first-order valence-electron chi connectivity index (χ1n) is 4.67. The van der Waals surface area contributed by atoms with Crippen molar-refractivity contribution in [3.05, 3.63) is 11.5 Å². The van der Waals surface area contributed by atoms with Crippen LogP contribution in [0.3, 0.4) is 0 Å². The van der Waals surface area contributed by atoms with E-state index in [1.54, 1.807) is 0 Å². The van der Waals surface area contributed by atoms with Gasteiger partial charge in [0.2, 0.25) is 5.28 Å². The highest BCUT2D eigenvalue weighted by molar-refractivity contribution is 7.98. The number of nitrogens with two attached hydrogens (primary N) is 1. The van der Waals surface area contributed by atoms with Gasteiger partial charge in [-0.3, -0.25) is 0 Å². The van der Waals surface area contributed by atoms with Crippen molar-refractivity contribution in [3.63, 3.8) is 0 Å². The summed E-state index contributed by atoms with van der Waals surface area (Å²) >= 11 is 7.50. The van der Waals surface area contributed by atoms with Gasteiger partial charge in [0.05, 0.1) is 11.9 Å². The average molecular weight is 247 g/mol. The van der Waals surface area contributed by atoms with E-state index in [1.807, 2.05) is 11.8 Å². The molecule has 1 atom stereocenters. The van der Waals surface area contributed by atoms with E-state index in [0.717, 1.165) is 12.2 Å². The highest BCUT2D eigenvalue weighted by atomic mass is 35.5. The predicted molar refractivity (Wildman–Crippen MR) is 67.5 cm³/mol. The lowest BCUT2D eigenvalue weighted by atomic mass is 10.2. The first-order chi connectivity index (χ1) is 7.13. The number of anilines is 2. The molecule has 3 N–H and O–H groups in total. The van der Waals surface area contributed by atoms with Crippen LogP contribution in [0, 0.1) is 0 Å². The lowest BCUT2D eigenvalue weighted by Gasteiger charge is -2.14. The number of thioether (sulfide) groups is 1. The van der Waals surface area contributed by atoms with Gasteiger partial charge in [0, 0.05) is 6.04 Å². The number of hydrogen-bond acceptors (Lipinski definition) is 5. The third-order valence-electron chi connectivity index (χ3n) is 1.93. The van der Waals surface area contributed by atoms with Gasteiger partial charge in [-0.05, 0) is 37.0 Å². The Kier molecular flexibility index (Phi) is 4.98. The van der Waals surface area contributed by atoms with E-state index in [-0.39, 0.29) is 5.28 Å². The maximum Gasteiger partial charge on any atom is 0.224 e. The molecule has 1 aromatic rings. The highest BCUT2D eigenvalue weighted by Gasteiger charge is 2.06. The summed E-state index contributed by atoms with van der Waals surface area (Å²) in [5.74, 6) is 1.72. The normalized spacial score (nSPS) is 12.5. The molecular formula is C9H15ClN4S. The summed E-state index contributed by atoms with van der Waals surface area (Å²) in [4.78, 5) is 7.83. The smallest absolute Gasteiger partial charge is 0.224 e. The maximum absolute atomic E-state index is 5.72. The Bertz CT molecular complexity index is 321. The lowest BCUT2D eigenvalue weighted by Crippen LogP contribution is -2.18. The molecule has 1 rings (SSSR count). The second-order valence-electron chi connectivity index (χ2n) is 3.27. The van der Waals surface area contributed by atoms with E-state index in [0.29, 0.717) is 17.5 Å². The number of nitrogens with one attached hydrogen (secondary N) is 1. The third-order valence-corrected chi connectivity index (χ3v) is 2.75. The van der Waals surface area contributed by atoms with Crippen LogP contribution in [0.1, 0.15) is 13.3 Å². The summed E-state index contributed by atoms with van der Waals surface area (Å²) in [5, 5.41) is 3.42. The van der Waals surface area contributed by atoms with Gasteiger partial charge in [-0.25, -0.2) is 4.98 Å². The van der Waals surface area contributed by atoms with Gasteiger partial charge in [0.15, 0.2) is 5.82 Å². The van der Waals surface area contributed by atoms with Crippen molar-refractivity contribution in [1.29, 1.82) is 0 Å². The maximum atomic E-state index is 5.72. The molecule has 1 heterocycles. The van der Waals surface area contributed by atoms with Crippen molar-refractivity contribution >= 4 is 34.9 Å². The van der Waals surface area contributed by atoms with Crippen LogP contribution >= 0.6 is 23.4 Å². The van der Waals surface area contributed by atoms with Crippen LogP contribution in [0.15, 0.2) is 6.20 Å². The fourth-order valence-corrected chi connectivity index (χ4v) is 1.81. The second kappa shape index (κ2) is 6.02. The van der Waals surface area contributed by atoms with Crippen molar-refractivity contribution in [2.24, 2.45) is 0 Å². The molecule has 0 bridgehead atoms. The number of halogens is 1. The van der Waals surface area contributed by atoms with Crippen molar-refractivity contribution in [2.45, 2.75) is 19.4 Å². The van der Waals surface area contributed by atoms with E-state index in [1.165, 1.54) is 6.20 Å². The van der Waals surface area contributed by atoms with Gasteiger partial charge in [0.25, 0.3) is 0 Å². The Labute approximate surface area is 99.0 Å². The average Bonchev–Trinajstić information content (AvgIpc) is 2.20. The topological polar surface area (TPSA) is 63.8 Å². The van der Waals surface area contributed by atoms with Gasteiger partial charge in [-0.15, -0.1) is 0 Å². The van der Waals surface area contributed by atoms with Crippen LogP contribution in [0.25, 0.3) is 0 Å². The van der Waals surface area contributed by atoms with Crippen LogP contribution in [0.2, 0.25) is 5.28 Å². The minimum absolute atomic E-state index is 0.212. The Morgan fingerprint density at radius 2 is 2.40 bits per heavy atom. The molecule has 6 heteroatoms. The first kappa shape index (κ1) is 12.4. The van der Waals surface area contributed by atoms with Crippen LogP contribution in [-0.4, -0.2) is 28.0 Å². The molecule has 0 spiro atoms. The number of rotatable bonds is 5. The van der Waals surface area contributed by atoms with Gasteiger partial charge < -0.3 is 11.1 Å². The van der Waals surface area contributed by atoms with Crippen molar-refractivity contribution in [3.8, 4) is 0 Å². The molecule has 0 aromatic carbocycles. The molecule has 0 fully saturated rings. The molecule has 84 valence electrons. The summed E-state index contributed by atoms with van der Waals surface area (Å²) in [5.41, 5.74) is 6.24. The standard InChI is InChI=1S/C9H15ClN4S/c1-6(3-4-15-2)13-8-7(11)5-12-9(10)14-8/h5-6H,3-4,11H2,1-2H3,(H,12,13,14). The van der Waals surface area contributed by atoms with Crippen LogP contribution in [0.4, 0.5) is 11.5 Å². The van der Waals surface area contributed by atoms with Gasteiger partial charge in [-0.1, -0.05) is 0 Å². The molecule has 0 radical (unpaired) electrons. The van der Waals surface area contributed by atoms with Gasteiger partial charge >= 0.3 is 0 Å². The number of hydrogen-bond donors (Lipinski definition) is 2. The molecule has 4 nitrogen and oxygen atoms in total. The van der Waals surface area contributed by atoms with E-state index in [9.17, 15) is 0 Å². The summed E-state index contributed by atoms with van der Waals surface area (Å²) in [6.07, 6.45) is 4.66. The fourth-order valence-electron chi connectivity index (χ4n) is 1.09. The largest absolute Gasteiger partial charge is 0.394 e. The van der Waals surface area contributed by atoms with Crippen molar-refractivity contribution < 1.29 is 0 Å². The molecule has 0 saturated carbocycles. The van der Waals surface area contributed by atoms with E-state index >= 15 is 0 Å². The number of nitrogen functional groups attached to an aromatic ring is 1. The lowest BCUT2D eigenvalue weighted by molar-refractivity contribution is 0.767. The highest BCUT2D eigenvalue weighted by Crippen LogP contribution is 2.17. The molecule has 1 aromatic heterocycles. The monoisotopic (exact) mass is 246 g/mol. The summed E-state index contributed by atoms with van der Waals surface area (Å²) in [6.45, 7) is 2.09. The summed E-state index contributed by atoms with van der Waals surface area (Å²) < 4.78 is 0. The summed E-state index contributed by atoms with van der Waals surface area (Å²) in [6, 6.07) is 0.325. The Balaban J connectivity index is 2.59. The predicted octanol–water partition coefficient (Wildman–Crippen LogP) is 2.27. The minimum Gasteiger partial charge on any atom is -0.394 e. The molecule has 1 unspecified atom stereocenters. The SMILES string of the molecule is CSCCC(C)Nc1nc(Cl)ncc1N.